The number of hydrogen-bond acceptors (Lipinski definition) is 7. The van der Waals surface area contributed by atoms with Crippen LogP contribution in [0.5, 0.6) is 0 Å². The molecule has 1 aromatic rings. The van der Waals surface area contributed by atoms with Gasteiger partial charge in [0.1, 0.15) is 18.1 Å². The van der Waals surface area contributed by atoms with E-state index in [2.05, 4.69) is 20.9 Å². The highest BCUT2D eigenvalue weighted by atomic mass is 16.4. The molecule has 1 aromatic carbocycles. The van der Waals surface area contributed by atoms with Gasteiger partial charge in [-0.3, -0.25) is 24.2 Å². The van der Waals surface area contributed by atoms with Crippen LogP contribution in [-0.4, -0.2) is 71.4 Å². The molecule has 12 N–H and O–H groups in total. The van der Waals surface area contributed by atoms with E-state index in [4.69, 9.17) is 22.9 Å². The van der Waals surface area contributed by atoms with Gasteiger partial charge < -0.3 is 44.0 Å². The number of carbonyl (C=O) groups excluding carboxylic acids is 4. The van der Waals surface area contributed by atoms with Gasteiger partial charge in [-0.15, -0.1) is 0 Å². The molecule has 0 fully saturated rings. The number of carboxylic acid groups (broad SMARTS) is 1. The van der Waals surface area contributed by atoms with Crippen molar-refractivity contribution in [1.29, 1.82) is 0 Å². The van der Waals surface area contributed by atoms with E-state index in [0.717, 1.165) is 5.56 Å². The van der Waals surface area contributed by atoms with E-state index in [-0.39, 0.29) is 50.5 Å². The van der Waals surface area contributed by atoms with Crippen molar-refractivity contribution in [2.24, 2.45) is 33.8 Å². The van der Waals surface area contributed by atoms with E-state index in [1.165, 1.54) is 0 Å². The summed E-state index contributed by atoms with van der Waals surface area (Å²) >= 11 is 0. The average molecular weight is 563 g/mol. The highest BCUT2D eigenvalue weighted by Gasteiger charge is 2.30. The van der Waals surface area contributed by atoms with Crippen LogP contribution >= 0.6 is 0 Å². The Balaban J connectivity index is 3.09. The van der Waals surface area contributed by atoms with E-state index in [1.807, 2.05) is 13.8 Å². The molecule has 40 heavy (non-hydrogen) atoms. The third-order valence-electron chi connectivity index (χ3n) is 5.85. The number of nitrogens with one attached hydrogen (secondary N) is 3. The number of carbonyl (C=O) groups is 5. The van der Waals surface area contributed by atoms with Crippen LogP contribution in [0.4, 0.5) is 0 Å². The molecule has 4 unspecified atom stereocenters. The maximum atomic E-state index is 13.4. The van der Waals surface area contributed by atoms with Crippen LogP contribution in [0, 0.1) is 5.92 Å². The van der Waals surface area contributed by atoms with Gasteiger partial charge in [-0.25, -0.2) is 4.79 Å². The molecular formula is C26H42N8O6. The van der Waals surface area contributed by atoms with Crippen LogP contribution in [0.25, 0.3) is 0 Å². The Labute approximate surface area is 233 Å². The first-order valence-electron chi connectivity index (χ1n) is 13.1. The zero-order valence-corrected chi connectivity index (χ0v) is 23.0. The molecule has 0 saturated heterocycles. The van der Waals surface area contributed by atoms with Crippen molar-refractivity contribution < 1.29 is 29.1 Å². The molecular weight excluding hydrogens is 520 g/mol. The number of hydrogen-bond donors (Lipinski definition) is 8. The SMILES string of the molecule is CC(C)CC(N)C(=O)NC(Cc1ccccc1)C(=O)NC(CCC(N)=O)C(=O)NC(CCCN=C(N)N)C(=O)O. The molecule has 0 bridgehead atoms. The van der Waals surface area contributed by atoms with Crippen LogP contribution in [0.2, 0.25) is 0 Å². The van der Waals surface area contributed by atoms with E-state index in [9.17, 15) is 29.1 Å². The summed E-state index contributed by atoms with van der Waals surface area (Å²) in [7, 11) is 0. The summed E-state index contributed by atoms with van der Waals surface area (Å²) in [5, 5.41) is 17.1. The van der Waals surface area contributed by atoms with Crippen molar-refractivity contribution in [2.75, 3.05) is 6.54 Å². The fraction of sp³-hybridized carbons (Fsp3) is 0.538. The maximum Gasteiger partial charge on any atom is 0.326 e. The lowest BCUT2D eigenvalue weighted by Crippen LogP contribution is -2.57. The molecule has 0 heterocycles. The van der Waals surface area contributed by atoms with Gasteiger partial charge in [-0.2, -0.15) is 0 Å². The summed E-state index contributed by atoms with van der Waals surface area (Å²) in [6.45, 7) is 3.98. The number of aliphatic imine (C=N–C) groups is 1. The summed E-state index contributed by atoms with van der Waals surface area (Å²) in [6.07, 6.45) is 0.320. The van der Waals surface area contributed by atoms with Crippen molar-refractivity contribution in [3.05, 3.63) is 35.9 Å². The summed E-state index contributed by atoms with van der Waals surface area (Å²) in [4.78, 5) is 66.1. The van der Waals surface area contributed by atoms with Crippen LogP contribution in [0.15, 0.2) is 35.3 Å². The van der Waals surface area contributed by atoms with Crippen molar-refractivity contribution in [3.63, 3.8) is 0 Å². The lowest BCUT2D eigenvalue weighted by molar-refractivity contribution is -0.142. The zero-order chi connectivity index (χ0) is 30.2. The molecule has 0 aliphatic rings. The van der Waals surface area contributed by atoms with Gasteiger partial charge >= 0.3 is 5.97 Å². The number of amides is 4. The highest BCUT2D eigenvalue weighted by Crippen LogP contribution is 2.08. The van der Waals surface area contributed by atoms with E-state index in [0.29, 0.717) is 6.42 Å². The van der Waals surface area contributed by atoms with E-state index >= 15 is 0 Å². The Hall–Kier alpha value is -4.20. The summed E-state index contributed by atoms with van der Waals surface area (Å²) in [5.41, 5.74) is 22.5. The fourth-order valence-corrected chi connectivity index (χ4v) is 3.81. The van der Waals surface area contributed by atoms with Crippen LogP contribution < -0.4 is 38.9 Å². The second kappa shape index (κ2) is 17.4. The number of carboxylic acids is 1. The Bertz CT molecular complexity index is 1030. The van der Waals surface area contributed by atoms with Gasteiger partial charge in [0.2, 0.25) is 23.6 Å². The number of guanidine groups is 1. The van der Waals surface area contributed by atoms with Gasteiger partial charge in [0.25, 0.3) is 0 Å². The molecule has 0 saturated carbocycles. The molecule has 0 radical (unpaired) electrons. The lowest BCUT2D eigenvalue weighted by Gasteiger charge is -2.25. The molecule has 0 aliphatic heterocycles. The number of nitrogens with zero attached hydrogens (tertiary/aromatic N) is 1. The third kappa shape index (κ3) is 13.6. The zero-order valence-electron chi connectivity index (χ0n) is 23.0. The molecule has 222 valence electrons. The van der Waals surface area contributed by atoms with E-state index < -0.39 is 53.8 Å². The minimum atomic E-state index is -1.31. The highest BCUT2D eigenvalue weighted by molar-refractivity contribution is 5.94. The fourth-order valence-electron chi connectivity index (χ4n) is 3.81. The summed E-state index contributed by atoms with van der Waals surface area (Å²) < 4.78 is 0. The minimum absolute atomic E-state index is 0.00870. The summed E-state index contributed by atoms with van der Waals surface area (Å²) in [6, 6.07) is 4.34. The van der Waals surface area contributed by atoms with Crippen LogP contribution in [0.3, 0.4) is 0 Å². The Kier molecular flexibility index (Phi) is 14.7. The third-order valence-corrected chi connectivity index (χ3v) is 5.85. The first-order valence-corrected chi connectivity index (χ1v) is 13.1. The molecule has 0 spiro atoms. The monoisotopic (exact) mass is 562 g/mol. The molecule has 4 atom stereocenters. The Morgan fingerprint density at radius 3 is 1.98 bits per heavy atom. The van der Waals surface area contributed by atoms with Crippen molar-refractivity contribution in [2.45, 2.75) is 76.5 Å². The first-order chi connectivity index (χ1) is 18.8. The maximum absolute atomic E-state index is 13.4. The molecule has 1 rings (SSSR count). The van der Waals surface area contributed by atoms with Gasteiger partial charge in [0.15, 0.2) is 5.96 Å². The normalized spacial score (nSPS) is 13.8. The van der Waals surface area contributed by atoms with Crippen LogP contribution in [-0.2, 0) is 30.4 Å². The Morgan fingerprint density at radius 1 is 0.850 bits per heavy atom. The topological polar surface area (TPSA) is 258 Å². The van der Waals surface area contributed by atoms with Crippen molar-refractivity contribution in [1.82, 2.24) is 16.0 Å². The van der Waals surface area contributed by atoms with Gasteiger partial charge in [-0.05, 0) is 37.2 Å². The Morgan fingerprint density at radius 2 is 1.43 bits per heavy atom. The molecule has 14 heteroatoms. The number of aliphatic carboxylic acids is 1. The number of nitrogens with two attached hydrogens (primary N) is 4. The predicted octanol–water partition coefficient (Wildman–Crippen LogP) is -1.54. The largest absolute Gasteiger partial charge is 0.480 e. The van der Waals surface area contributed by atoms with E-state index in [1.54, 1.807) is 30.3 Å². The standard InChI is InChI=1S/C26H42N8O6/c1-15(2)13-17(27)22(36)34-20(14-16-7-4-3-5-8-16)24(38)32-18(10-11-21(28)35)23(37)33-19(25(39)40)9-6-12-31-26(29)30/h3-5,7-8,15,17-20H,6,9-14,27H2,1-2H3,(H2,28,35)(H,32,38)(H,33,37)(H,34,36)(H,39,40)(H4,29,30,31). The van der Waals surface area contributed by atoms with Crippen molar-refractivity contribution in [3.8, 4) is 0 Å². The molecule has 0 aromatic heterocycles. The number of rotatable bonds is 18. The molecule has 14 nitrogen and oxygen atoms in total. The van der Waals surface area contributed by atoms with Crippen molar-refractivity contribution >= 4 is 35.6 Å². The van der Waals surface area contributed by atoms with Gasteiger partial charge in [0.05, 0.1) is 6.04 Å². The van der Waals surface area contributed by atoms with Gasteiger partial charge in [0, 0.05) is 19.4 Å². The minimum Gasteiger partial charge on any atom is -0.480 e. The number of benzene rings is 1. The lowest BCUT2D eigenvalue weighted by atomic mass is 10.0. The second-order valence-corrected chi connectivity index (χ2v) is 9.90. The molecule has 4 amide bonds. The quantitative estimate of drug-likeness (QED) is 0.0585. The smallest absolute Gasteiger partial charge is 0.326 e. The average Bonchev–Trinajstić information content (AvgIpc) is 2.87. The molecule has 0 aliphatic carbocycles. The van der Waals surface area contributed by atoms with Gasteiger partial charge in [-0.1, -0.05) is 44.2 Å². The second-order valence-electron chi connectivity index (χ2n) is 9.90. The van der Waals surface area contributed by atoms with Crippen LogP contribution in [0.1, 0.15) is 51.5 Å². The first kappa shape index (κ1) is 33.8. The number of primary amides is 1. The predicted molar refractivity (Wildman–Crippen MR) is 149 cm³/mol. The summed E-state index contributed by atoms with van der Waals surface area (Å²) in [5.74, 6) is -4.09.